The first-order valence-electron chi connectivity index (χ1n) is 10.1. The zero-order chi connectivity index (χ0) is 19.7. The number of aliphatic imine (C=N–C) groups is 1. The third-order valence-corrected chi connectivity index (χ3v) is 6.88. The molecular weight excluding hydrogens is 493 g/mol. The lowest BCUT2D eigenvalue weighted by atomic mass is 9.98. The summed E-state index contributed by atoms with van der Waals surface area (Å²) in [4.78, 5) is 6.86. The minimum atomic E-state index is -3.05. The Morgan fingerprint density at radius 3 is 2.32 bits per heavy atom. The molecule has 2 saturated heterocycles. The van der Waals surface area contributed by atoms with E-state index in [1.54, 1.807) is 11.4 Å². The molecule has 0 aromatic heterocycles. The first kappa shape index (κ1) is 25.9. The molecule has 2 fully saturated rings. The Morgan fingerprint density at radius 2 is 1.79 bits per heavy atom. The maximum absolute atomic E-state index is 11.6. The Morgan fingerprint density at radius 1 is 1.14 bits per heavy atom. The van der Waals surface area contributed by atoms with Crippen LogP contribution in [0.25, 0.3) is 0 Å². The molecule has 2 rings (SSSR count). The predicted molar refractivity (Wildman–Crippen MR) is 125 cm³/mol. The number of nitrogens with zero attached hydrogens (tertiary/aromatic N) is 3. The highest BCUT2D eigenvalue weighted by Crippen LogP contribution is 2.18. The summed E-state index contributed by atoms with van der Waals surface area (Å²) in [5, 5.41) is 6.98. The summed E-state index contributed by atoms with van der Waals surface area (Å²) in [5.41, 5.74) is 0. The number of halogens is 1. The molecule has 0 aromatic carbocycles. The van der Waals surface area contributed by atoms with E-state index in [0.29, 0.717) is 25.0 Å². The standard InChI is InChI=1S/C18H37N5O3S.HI/c1-19-18(20-15-16-5-12-23(13-6-16)27(3,24)25)21-17-7-10-22(11-8-17)9-4-14-26-2;/h16-17H,4-15H2,1-3H3,(H2,19,20,21);1H. The van der Waals surface area contributed by atoms with Crippen LogP contribution in [0.3, 0.4) is 0 Å². The maximum atomic E-state index is 11.6. The summed E-state index contributed by atoms with van der Waals surface area (Å²) in [6.07, 6.45) is 6.44. The van der Waals surface area contributed by atoms with Gasteiger partial charge in [-0.1, -0.05) is 0 Å². The van der Waals surface area contributed by atoms with E-state index in [2.05, 4.69) is 20.5 Å². The van der Waals surface area contributed by atoms with Gasteiger partial charge in [0.25, 0.3) is 0 Å². The van der Waals surface area contributed by atoms with Crippen LogP contribution in [0, 0.1) is 5.92 Å². The third kappa shape index (κ3) is 9.10. The Kier molecular flexibility index (Phi) is 12.2. The van der Waals surface area contributed by atoms with Gasteiger partial charge in [-0.05, 0) is 38.0 Å². The van der Waals surface area contributed by atoms with Gasteiger partial charge in [0.1, 0.15) is 0 Å². The fraction of sp³-hybridized carbons (Fsp3) is 0.944. The quantitative estimate of drug-likeness (QED) is 0.210. The van der Waals surface area contributed by atoms with Crippen LogP contribution in [-0.4, -0.2) is 95.9 Å². The van der Waals surface area contributed by atoms with Crippen LogP contribution in [0.1, 0.15) is 32.1 Å². The minimum absolute atomic E-state index is 0. The van der Waals surface area contributed by atoms with Gasteiger partial charge in [-0.25, -0.2) is 12.7 Å². The van der Waals surface area contributed by atoms with Gasteiger partial charge in [-0.2, -0.15) is 0 Å². The molecule has 0 bridgehead atoms. The fourth-order valence-electron chi connectivity index (χ4n) is 3.81. The number of hydrogen-bond donors (Lipinski definition) is 2. The lowest BCUT2D eigenvalue weighted by molar-refractivity contribution is 0.155. The van der Waals surface area contributed by atoms with Crippen molar-refractivity contribution < 1.29 is 13.2 Å². The monoisotopic (exact) mass is 531 g/mol. The second-order valence-corrected chi connectivity index (χ2v) is 9.65. The molecule has 0 atom stereocenters. The van der Waals surface area contributed by atoms with E-state index in [0.717, 1.165) is 70.8 Å². The van der Waals surface area contributed by atoms with Crippen molar-refractivity contribution in [1.82, 2.24) is 19.8 Å². The van der Waals surface area contributed by atoms with E-state index in [1.165, 1.54) is 6.26 Å². The van der Waals surface area contributed by atoms with Gasteiger partial charge in [-0.15, -0.1) is 24.0 Å². The second kappa shape index (κ2) is 13.2. The lowest BCUT2D eigenvalue weighted by Gasteiger charge is -2.34. The van der Waals surface area contributed by atoms with E-state index < -0.39 is 10.0 Å². The Bertz CT molecular complexity index is 560. The van der Waals surface area contributed by atoms with E-state index >= 15 is 0 Å². The number of guanidine groups is 1. The number of sulfonamides is 1. The minimum Gasteiger partial charge on any atom is -0.385 e. The summed E-state index contributed by atoms with van der Waals surface area (Å²) in [7, 11) is 0.510. The molecule has 166 valence electrons. The zero-order valence-electron chi connectivity index (χ0n) is 17.5. The number of rotatable bonds is 8. The smallest absolute Gasteiger partial charge is 0.211 e. The highest BCUT2D eigenvalue weighted by Gasteiger charge is 2.25. The van der Waals surface area contributed by atoms with Crippen molar-refractivity contribution in [2.45, 2.75) is 38.1 Å². The van der Waals surface area contributed by atoms with Crippen molar-refractivity contribution in [2.24, 2.45) is 10.9 Å². The molecule has 10 heteroatoms. The topological polar surface area (TPSA) is 86.3 Å². The number of likely N-dealkylation sites (tertiary alicyclic amines) is 1. The molecule has 2 heterocycles. The molecule has 2 aliphatic rings. The van der Waals surface area contributed by atoms with Gasteiger partial charge >= 0.3 is 0 Å². The molecule has 28 heavy (non-hydrogen) atoms. The van der Waals surface area contributed by atoms with Gasteiger partial charge in [0.15, 0.2) is 5.96 Å². The Balaban J connectivity index is 0.00000392. The number of piperidine rings is 2. The van der Waals surface area contributed by atoms with Crippen molar-refractivity contribution in [1.29, 1.82) is 0 Å². The molecule has 0 radical (unpaired) electrons. The fourth-order valence-corrected chi connectivity index (χ4v) is 4.68. The molecule has 0 amide bonds. The van der Waals surface area contributed by atoms with Crippen LogP contribution in [0.15, 0.2) is 4.99 Å². The van der Waals surface area contributed by atoms with Crippen molar-refractivity contribution in [3.63, 3.8) is 0 Å². The van der Waals surface area contributed by atoms with Crippen LogP contribution < -0.4 is 10.6 Å². The van der Waals surface area contributed by atoms with Gasteiger partial charge in [0.2, 0.25) is 10.0 Å². The summed E-state index contributed by atoms with van der Waals surface area (Å²) < 4.78 is 29.9. The van der Waals surface area contributed by atoms with Crippen molar-refractivity contribution in [3.8, 4) is 0 Å². The molecule has 0 unspecified atom stereocenters. The lowest BCUT2D eigenvalue weighted by Crippen LogP contribution is -2.50. The molecule has 2 N–H and O–H groups in total. The number of methoxy groups -OCH3 is 1. The van der Waals surface area contributed by atoms with Crippen LogP contribution in [-0.2, 0) is 14.8 Å². The van der Waals surface area contributed by atoms with Crippen molar-refractivity contribution in [2.75, 3.05) is 66.3 Å². The Hall–Kier alpha value is -0.170. The highest BCUT2D eigenvalue weighted by atomic mass is 127. The normalized spacial score (nSPS) is 21.3. The van der Waals surface area contributed by atoms with Crippen LogP contribution in [0.5, 0.6) is 0 Å². The first-order chi connectivity index (χ1) is 12.9. The van der Waals surface area contributed by atoms with E-state index in [-0.39, 0.29) is 24.0 Å². The molecule has 0 aliphatic carbocycles. The number of ether oxygens (including phenoxy) is 1. The summed E-state index contributed by atoms with van der Waals surface area (Å²) in [5.74, 6) is 1.35. The van der Waals surface area contributed by atoms with Crippen LogP contribution in [0.4, 0.5) is 0 Å². The van der Waals surface area contributed by atoms with Crippen molar-refractivity contribution >= 4 is 40.0 Å². The molecule has 0 spiro atoms. The predicted octanol–water partition coefficient (Wildman–Crippen LogP) is 0.942. The van der Waals surface area contributed by atoms with Gasteiger partial charge < -0.3 is 20.3 Å². The molecule has 0 aromatic rings. The average Bonchev–Trinajstić information content (AvgIpc) is 2.66. The number of hydrogen-bond acceptors (Lipinski definition) is 5. The van der Waals surface area contributed by atoms with Crippen molar-refractivity contribution in [3.05, 3.63) is 0 Å². The van der Waals surface area contributed by atoms with Gasteiger partial charge in [-0.3, -0.25) is 4.99 Å². The average molecular weight is 532 g/mol. The zero-order valence-corrected chi connectivity index (χ0v) is 20.7. The van der Waals surface area contributed by atoms with Gasteiger partial charge in [0.05, 0.1) is 6.26 Å². The maximum Gasteiger partial charge on any atom is 0.211 e. The summed E-state index contributed by atoms with van der Waals surface area (Å²) >= 11 is 0. The van der Waals surface area contributed by atoms with E-state index in [4.69, 9.17) is 4.74 Å². The van der Waals surface area contributed by atoms with E-state index in [9.17, 15) is 8.42 Å². The van der Waals surface area contributed by atoms with Crippen LogP contribution in [0.2, 0.25) is 0 Å². The highest BCUT2D eigenvalue weighted by molar-refractivity contribution is 14.0. The molecular formula is C18H38IN5O3S. The van der Waals surface area contributed by atoms with E-state index in [1.807, 2.05) is 7.05 Å². The second-order valence-electron chi connectivity index (χ2n) is 7.67. The van der Waals surface area contributed by atoms with Gasteiger partial charge in [0, 0.05) is 66.1 Å². The number of nitrogens with one attached hydrogen (secondary N) is 2. The summed E-state index contributed by atoms with van der Waals surface area (Å²) in [6, 6.07) is 0.460. The Labute approximate surface area is 187 Å². The molecule has 2 aliphatic heterocycles. The molecule has 8 nitrogen and oxygen atoms in total. The first-order valence-corrected chi connectivity index (χ1v) is 11.9. The SMILES string of the molecule is CN=C(NCC1CCN(S(C)(=O)=O)CC1)NC1CCN(CCCOC)CC1.I. The largest absolute Gasteiger partial charge is 0.385 e. The third-order valence-electron chi connectivity index (χ3n) is 5.58. The summed E-state index contributed by atoms with van der Waals surface area (Å²) in [6.45, 7) is 6.26. The van der Waals surface area contributed by atoms with Crippen LogP contribution >= 0.6 is 24.0 Å². The molecule has 0 saturated carbocycles.